The molecule has 1 unspecified atom stereocenters. The van der Waals surface area contributed by atoms with Crippen molar-refractivity contribution < 1.29 is 10.2 Å². The summed E-state index contributed by atoms with van der Waals surface area (Å²) in [6.45, 7) is 9.65. The Morgan fingerprint density at radius 1 is 1.21 bits per heavy atom. The molecule has 0 aromatic heterocycles. The minimum Gasteiger partial charge on any atom is -0.395 e. The van der Waals surface area contributed by atoms with Crippen molar-refractivity contribution in [2.45, 2.75) is 33.3 Å². The average molecular weight is 206 g/mol. The van der Waals surface area contributed by atoms with Crippen LogP contribution in [-0.4, -0.2) is 54.0 Å². The smallest absolute Gasteiger partial charge is 0.0659 e. The lowest BCUT2D eigenvalue weighted by molar-refractivity contribution is 0.179. The van der Waals surface area contributed by atoms with E-state index in [0.717, 1.165) is 26.1 Å². The third kappa shape index (κ3) is 11.8. The zero-order valence-electron chi connectivity index (χ0n) is 9.74. The summed E-state index contributed by atoms with van der Waals surface area (Å²) in [6.07, 6.45) is 0.473. The molecule has 0 aliphatic carbocycles. The summed E-state index contributed by atoms with van der Waals surface area (Å²) >= 11 is 0. The van der Waals surface area contributed by atoms with Crippen LogP contribution in [0.25, 0.3) is 0 Å². The van der Waals surface area contributed by atoms with Crippen LogP contribution in [0.5, 0.6) is 0 Å². The number of nitrogens with two attached hydrogens (primary N) is 1. The molecule has 0 radical (unpaired) electrons. The monoisotopic (exact) mass is 206 g/mol. The van der Waals surface area contributed by atoms with Crippen LogP contribution in [0.2, 0.25) is 0 Å². The topological polar surface area (TPSA) is 69.7 Å². The maximum absolute atomic E-state index is 8.54. The van der Waals surface area contributed by atoms with Crippen molar-refractivity contribution in [1.29, 1.82) is 0 Å². The van der Waals surface area contributed by atoms with E-state index >= 15 is 0 Å². The van der Waals surface area contributed by atoms with Gasteiger partial charge < -0.3 is 20.8 Å². The van der Waals surface area contributed by atoms with Gasteiger partial charge in [0.15, 0.2) is 0 Å². The van der Waals surface area contributed by atoms with Gasteiger partial charge in [0.05, 0.1) is 12.7 Å². The van der Waals surface area contributed by atoms with Gasteiger partial charge in [-0.1, -0.05) is 20.8 Å². The third-order valence-corrected chi connectivity index (χ3v) is 2.05. The molecule has 1 atom stereocenters. The number of rotatable bonds is 6. The Morgan fingerprint density at radius 3 is 1.79 bits per heavy atom. The van der Waals surface area contributed by atoms with Gasteiger partial charge in [-0.25, -0.2) is 0 Å². The number of hydrogen-bond acceptors (Lipinski definition) is 4. The maximum atomic E-state index is 8.54. The molecule has 4 nitrogen and oxygen atoms in total. The zero-order chi connectivity index (χ0) is 11.4. The summed E-state index contributed by atoms with van der Waals surface area (Å²) in [6, 6.07) is 0. The lowest BCUT2D eigenvalue weighted by Gasteiger charge is -2.15. The predicted octanol–water partition coefficient (Wildman–Crippen LogP) is 0.0365. The summed E-state index contributed by atoms with van der Waals surface area (Å²) < 4.78 is 0. The molecule has 4 N–H and O–H groups in total. The molecule has 0 fully saturated rings. The molecule has 0 saturated heterocycles. The van der Waals surface area contributed by atoms with Crippen molar-refractivity contribution in [1.82, 2.24) is 4.90 Å². The molecule has 88 valence electrons. The highest BCUT2D eigenvalue weighted by molar-refractivity contribution is 4.48. The van der Waals surface area contributed by atoms with Crippen LogP contribution >= 0.6 is 0 Å². The Labute approximate surface area is 87.7 Å². The lowest BCUT2D eigenvalue weighted by Crippen LogP contribution is -2.25. The van der Waals surface area contributed by atoms with Crippen LogP contribution in [0.15, 0.2) is 0 Å². The number of hydrogen-bond donors (Lipinski definition) is 3. The summed E-state index contributed by atoms with van der Waals surface area (Å²) in [5.74, 6) is 0. The summed E-state index contributed by atoms with van der Waals surface area (Å²) in [7, 11) is 0. The van der Waals surface area contributed by atoms with Crippen molar-refractivity contribution >= 4 is 0 Å². The molecule has 0 saturated carbocycles. The fourth-order valence-electron chi connectivity index (χ4n) is 0.848. The Morgan fingerprint density at radius 2 is 1.71 bits per heavy atom. The van der Waals surface area contributed by atoms with E-state index in [1.165, 1.54) is 0 Å². The first kappa shape index (κ1) is 16.3. The highest BCUT2D eigenvalue weighted by Crippen LogP contribution is 1.82. The second kappa shape index (κ2) is 12.8. The largest absolute Gasteiger partial charge is 0.395 e. The zero-order valence-corrected chi connectivity index (χ0v) is 9.74. The SMILES string of the molecule is CCC(O)CN.CCN(CC)CCO. The molecule has 0 amide bonds. The molecule has 0 bridgehead atoms. The fourth-order valence-corrected chi connectivity index (χ4v) is 0.848. The number of likely N-dealkylation sites (N-methyl/N-ethyl adjacent to an activating group) is 1. The fraction of sp³-hybridized carbons (Fsp3) is 1.00. The highest BCUT2D eigenvalue weighted by atomic mass is 16.3. The van der Waals surface area contributed by atoms with E-state index in [0.29, 0.717) is 6.54 Å². The molecule has 0 spiro atoms. The Bertz CT molecular complexity index is 94.1. The molecule has 0 aromatic carbocycles. The first-order chi connectivity index (χ1) is 6.65. The van der Waals surface area contributed by atoms with Gasteiger partial charge in [-0.2, -0.15) is 0 Å². The number of nitrogens with zero attached hydrogens (tertiary/aromatic N) is 1. The van der Waals surface area contributed by atoms with Gasteiger partial charge in [-0.15, -0.1) is 0 Å². The lowest BCUT2D eigenvalue weighted by atomic mass is 10.3. The Hall–Kier alpha value is -0.160. The molecule has 14 heavy (non-hydrogen) atoms. The average Bonchev–Trinajstić information content (AvgIpc) is 2.25. The first-order valence-electron chi connectivity index (χ1n) is 5.37. The van der Waals surface area contributed by atoms with Crippen molar-refractivity contribution in [3.63, 3.8) is 0 Å². The quantitative estimate of drug-likeness (QED) is 0.574. The minimum atomic E-state index is -0.287. The molecule has 0 heterocycles. The third-order valence-electron chi connectivity index (χ3n) is 2.05. The van der Waals surface area contributed by atoms with Crippen LogP contribution in [0.1, 0.15) is 27.2 Å². The number of aliphatic hydroxyl groups excluding tert-OH is 2. The van der Waals surface area contributed by atoms with Crippen molar-refractivity contribution in [3.8, 4) is 0 Å². The Kier molecular flexibility index (Phi) is 14.9. The second-order valence-electron chi connectivity index (χ2n) is 3.05. The molecule has 0 aromatic rings. The van der Waals surface area contributed by atoms with Gasteiger partial charge in [0.1, 0.15) is 0 Å². The summed E-state index contributed by atoms with van der Waals surface area (Å²) in [5, 5.41) is 17.0. The predicted molar refractivity (Wildman–Crippen MR) is 60.2 cm³/mol. The second-order valence-corrected chi connectivity index (χ2v) is 3.05. The molecule has 4 heteroatoms. The van der Waals surface area contributed by atoms with Gasteiger partial charge in [0.2, 0.25) is 0 Å². The van der Waals surface area contributed by atoms with E-state index in [2.05, 4.69) is 18.7 Å². The number of aliphatic hydroxyl groups is 2. The van der Waals surface area contributed by atoms with E-state index in [4.69, 9.17) is 15.9 Å². The Balaban J connectivity index is 0. The summed E-state index contributed by atoms with van der Waals surface area (Å²) in [5.41, 5.74) is 5.03. The van der Waals surface area contributed by atoms with Crippen molar-refractivity contribution in [2.24, 2.45) is 5.73 Å². The standard InChI is InChI=1S/C6H15NO.C4H11NO/c1-3-7(4-2)5-6-8;1-2-4(6)3-5/h8H,3-6H2,1-2H3;4,6H,2-3,5H2,1H3. The molecular formula is C10H26N2O2. The van der Waals surface area contributed by atoms with Gasteiger partial charge in [-0.05, 0) is 19.5 Å². The van der Waals surface area contributed by atoms with Crippen LogP contribution < -0.4 is 5.73 Å². The molecular weight excluding hydrogens is 180 g/mol. The maximum Gasteiger partial charge on any atom is 0.0659 e. The van der Waals surface area contributed by atoms with E-state index in [9.17, 15) is 0 Å². The molecule has 0 aliphatic rings. The van der Waals surface area contributed by atoms with Gasteiger partial charge in [0, 0.05) is 13.1 Å². The van der Waals surface area contributed by atoms with Gasteiger partial charge in [0.25, 0.3) is 0 Å². The first-order valence-corrected chi connectivity index (χ1v) is 5.37. The van der Waals surface area contributed by atoms with Crippen molar-refractivity contribution in [3.05, 3.63) is 0 Å². The summed E-state index contributed by atoms with van der Waals surface area (Å²) in [4.78, 5) is 2.18. The van der Waals surface area contributed by atoms with Crippen LogP contribution in [0.3, 0.4) is 0 Å². The van der Waals surface area contributed by atoms with E-state index in [1.807, 2.05) is 6.92 Å². The van der Waals surface area contributed by atoms with Gasteiger partial charge >= 0.3 is 0 Å². The van der Waals surface area contributed by atoms with Crippen LogP contribution in [0, 0.1) is 0 Å². The molecule has 0 rings (SSSR count). The van der Waals surface area contributed by atoms with Gasteiger partial charge in [-0.3, -0.25) is 0 Å². The highest BCUT2D eigenvalue weighted by Gasteiger charge is 1.93. The van der Waals surface area contributed by atoms with E-state index in [1.54, 1.807) is 0 Å². The molecule has 0 aliphatic heterocycles. The van der Waals surface area contributed by atoms with E-state index < -0.39 is 0 Å². The van der Waals surface area contributed by atoms with Crippen LogP contribution in [-0.2, 0) is 0 Å². The normalized spacial score (nSPS) is 12.2. The minimum absolute atomic E-state index is 0.279. The van der Waals surface area contributed by atoms with Crippen molar-refractivity contribution in [2.75, 3.05) is 32.8 Å². The van der Waals surface area contributed by atoms with Crippen LogP contribution in [0.4, 0.5) is 0 Å². The van der Waals surface area contributed by atoms with E-state index in [-0.39, 0.29) is 12.7 Å².